The van der Waals surface area contributed by atoms with Crippen LogP contribution in [-0.2, 0) is 13.1 Å². The van der Waals surface area contributed by atoms with E-state index in [9.17, 15) is 0 Å². The average Bonchev–Trinajstić information content (AvgIpc) is 2.63. The number of nitrogens with one attached hydrogen (secondary N) is 1. The smallest absolute Gasteiger partial charge is 0.0948 e. The van der Waals surface area contributed by atoms with Gasteiger partial charge in [0.1, 0.15) is 0 Å². The second kappa shape index (κ2) is 6.04. The van der Waals surface area contributed by atoms with Crippen LogP contribution in [0.25, 0.3) is 0 Å². The number of aryl methyl sites for hydroxylation is 1. The van der Waals surface area contributed by atoms with Crippen molar-refractivity contribution in [2.75, 3.05) is 6.54 Å². The van der Waals surface area contributed by atoms with E-state index in [0.717, 1.165) is 25.6 Å². The molecule has 2 rings (SSSR count). The van der Waals surface area contributed by atoms with E-state index in [1.54, 1.807) is 0 Å². The van der Waals surface area contributed by atoms with Crippen LogP contribution in [-0.4, -0.2) is 16.1 Å². The maximum atomic E-state index is 4.20. The quantitative estimate of drug-likeness (QED) is 0.717. The third kappa shape index (κ3) is 3.08. The predicted molar refractivity (Wildman–Crippen MR) is 66.2 cm³/mol. The van der Waals surface area contributed by atoms with Gasteiger partial charge in [0.15, 0.2) is 0 Å². The second-order valence-corrected chi connectivity index (χ2v) is 4.84. The molecule has 0 aromatic carbocycles. The van der Waals surface area contributed by atoms with Gasteiger partial charge in [0, 0.05) is 19.3 Å². The maximum absolute atomic E-state index is 4.20. The molecule has 1 aromatic heterocycles. The molecule has 0 saturated heterocycles. The molecular weight excluding hydrogens is 198 g/mol. The highest BCUT2D eigenvalue weighted by atomic mass is 15.1. The van der Waals surface area contributed by atoms with E-state index >= 15 is 0 Å². The minimum absolute atomic E-state index is 0.965. The van der Waals surface area contributed by atoms with Gasteiger partial charge in [0.25, 0.3) is 0 Å². The number of nitrogens with zero attached hydrogens (tertiary/aromatic N) is 2. The first kappa shape index (κ1) is 11.6. The van der Waals surface area contributed by atoms with Gasteiger partial charge in [-0.1, -0.05) is 26.2 Å². The summed E-state index contributed by atoms with van der Waals surface area (Å²) in [6, 6.07) is 0. The van der Waals surface area contributed by atoms with E-state index in [2.05, 4.69) is 21.8 Å². The Hall–Kier alpha value is -0.830. The third-order valence-corrected chi connectivity index (χ3v) is 3.52. The minimum atomic E-state index is 0.965. The van der Waals surface area contributed by atoms with Crippen molar-refractivity contribution in [1.29, 1.82) is 0 Å². The summed E-state index contributed by atoms with van der Waals surface area (Å²) < 4.78 is 2.25. The SMILES string of the molecule is CCCn1cncc1CNCCC1CCC1. The molecule has 0 unspecified atom stereocenters. The van der Waals surface area contributed by atoms with Crippen LogP contribution in [0.5, 0.6) is 0 Å². The number of imidazole rings is 1. The lowest BCUT2D eigenvalue weighted by atomic mass is 9.83. The van der Waals surface area contributed by atoms with Gasteiger partial charge in [-0.3, -0.25) is 0 Å². The zero-order valence-electron chi connectivity index (χ0n) is 10.3. The zero-order chi connectivity index (χ0) is 11.2. The summed E-state index contributed by atoms with van der Waals surface area (Å²) in [5.74, 6) is 1.01. The van der Waals surface area contributed by atoms with Crippen molar-refractivity contribution in [2.24, 2.45) is 5.92 Å². The zero-order valence-corrected chi connectivity index (χ0v) is 10.3. The van der Waals surface area contributed by atoms with Crippen LogP contribution in [0.4, 0.5) is 0 Å². The summed E-state index contributed by atoms with van der Waals surface area (Å²) in [5.41, 5.74) is 1.32. The molecule has 90 valence electrons. The average molecular weight is 221 g/mol. The molecule has 0 amide bonds. The highest BCUT2D eigenvalue weighted by Crippen LogP contribution is 2.28. The molecule has 0 atom stereocenters. The fourth-order valence-corrected chi connectivity index (χ4v) is 2.24. The summed E-state index contributed by atoms with van der Waals surface area (Å²) in [6.45, 7) is 5.40. The van der Waals surface area contributed by atoms with Crippen LogP contribution in [0.1, 0.15) is 44.7 Å². The van der Waals surface area contributed by atoms with Crippen molar-refractivity contribution < 1.29 is 0 Å². The van der Waals surface area contributed by atoms with E-state index in [1.165, 1.54) is 37.8 Å². The Labute approximate surface area is 98.3 Å². The summed E-state index contributed by atoms with van der Waals surface area (Å²) in [7, 11) is 0. The van der Waals surface area contributed by atoms with Gasteiger partial charge >= 0.3 is 0 Å². The Bertz CT molecular complexity index is 302. The molecule has 0 radical (unpaired) electrons. The number of aromatic nitrogens is 2. The molecule has 0 aliphatic heterocycles. The van der Waals surface area contributed by atoms with Gasteiger partial charge in [-0.2, -0.15) is 0 Å². The molecule has 1 aliphatic carbocycles. The standard InChI is InChI=1S/C13H23N3/c1-2-8-16-11-15-10-13(16)9-14-7-6-12-4-3-5-12/h10-12,14H,2-9H2,1H3. The number of rotatable bonds is 7. The Balaban J connectivity index is 1.65. The highest BCUT2D eigenvalue weighted by Gasteiger charge is 2.16. The summed E-state index contributed by atoms with van der Waals surface area (Å²) in [6.07, 6.45) is 10.8. The van der Waals surface area contributed by atoms with Crippen molar-refractivity contribution in [3.63, 3.8) is 0 Å². The Kier molecular flexibility index (Phi) is 4.40. The van der Waals surface area contributed by atoms with Crippen molar-refractivity contribution in [3.8, 4) is 0 Å². The van der Waals surface area contributed by atoms with Crippen LogP contribution in [0.3, 0.4) is 0 Å². The molecule has 1 saturated carbocycles. The normalized spacial score (nSPS) is 16.3. The van der Waals surface area contributed by atoms with Gasteiger partial charge in [-0.15, -0.1) is 0 Å². The molecule has 1 aliphatic rings. The fourth-order valence-electron chi connectivity index (χ4n) is 2.24. The molecule has 0 bridgehead atoms. The predicted octanol–water partition coefficient (Wildman–Crippen LogP) is 2.57. The lowest BCUT2D eigenvalue weighted by Crippen LogP contribution is -2.22. The number of hydrogen-bond acceptors (Lipinski definition) is 2. The van der Waals surface area contributed by atoms with Crippen LogP contribution >= 0.6 is 0 Å². The van der Waals surface area contributed by atoms with E-state index < -0.39 is 0 Å². The van der Waals surface area contributed by atoms with Gasteiger partial charge in [0.05, 0.1) is 12.0 Å². The topological polar surface area (TPSA) is 29.9 Å². The summed E-state index contributed by atoms with van der Waals surface area (Å²) in [5, 5.41) is 3.52. The molecular formula is C13H23N3. The van der Waals surface area contributed by atoms with Crippen LogP contribution in [0.2, 0.25) is 0 Å². The van der Waals surface area contributed by atoms with E-state index in [-0.39, 0.29) is 0 Å². The second-order valence-electron chi connectivity index (χ2n) is 4.84. The maximum Gasteiger partial charge on any atom is 0.0948 e. The van der Waals surface area contributed by atoms with E-state index in [0.29, 0.717) is 0 Å². The van der Waals surface area contributed by atoms with Gasteiger partial charge in [-0.25, -0.2) is 4.98 Å². The Morgan fingerprint density at radius 3 is 3.06 bits per heavy atom. The first-order chi connectivity index (χ1) is 7.90. The molecule has 1 N–H and O–H groups in total. The van der Waals surface area contributed by atoms with Crippen LogP contribution in [0, 0.1) is 5.92 Å². The monoisotopic (exact) mass is 221 g/mol. The lowest BCUT2D eigenvalue weighted by Gasteiger charge is -2.25. The molecule has 0 spiro atoms. The fraction of sp³-hybridized carbons (Fsp3) is 0.769. The van der Waals surface area contributed by atoms with Crippen LogP contribution < -0.4 is 5.32 Å². The summed E-state index contributed by atoms with van der Waals surface area (Å²) >= 11 is 0. The molecule has 1 aromatic rings. The van der Waals surface area contributed by atoms with Crippen molar-refractivity contribution in [3.05, 3.63) is 18.2 Å². The Morgan fingerprint density at radius 2 is 2.38 bits per heavy atom. The van der Waals surface area contributed by atoms with Gasteiger partial charge < -0.3 is 9.88 Å². The van der Waals surface area contributed by atoms with E-state index in [4.69, 9.17) is 0 Å². The first-order valence-corrected chi connectivity index (χ1v) is 6.60. The molecule has 1 fully saturated rings. The Morgan fingerprint density at radius 1 is 1.50 bits per heavy atom. The van der Waals surface area contributed by atoms with Gasteiger partial charge in [0.2, 0.25) is 0 Å². The van der Waals surface area contributed by atoms with Crippen molar-refractivity contribution in [2.45, 2.75) is 52.1 Å². The van der Waals surface area contributed by atoms with Gasteiger partial charge in [-0.05, 0) is 25.3 Å². The molecule has 3 nitrogen and oxygen atoms in total. The van der Waals surface area contributed by atoms with E-state index in [1.807, 2.05) is 12.5 Å². The van der Waals surface area contributed by atoms with Crippen LogP contribution in [0.15, 0.2) is 12.5 Å². The summed E-state index contributed by atoms with van der Waals surface area (Å²) in [4.78, 5) is 4.20. The number of hydrogen-bond donors (Lipinski definition) is 1. The molecule has 16 heavy (non-hydrogen) atoms. The first-order valence-electron chi connectivity index (χ1n) is 6.60. The minimum Gasteiger partial charge on any atom is -0.333 e. The third-order valence-electron chi connectivity index (χ3n) is 3.52. The lowest BCUT2D eigenvalue weighted by molar-refractivity contribution is 0.291. The van der Waals surface area contributed by atoms with Crippen molar-refractivity contribution in [1.82, 2.24) is 14.9 Å². The van der Waals surface area contributed by atoms with Crippen molar-refractivity contribution >= 4 is 0 Å². The molecule has 1 heterocycles. The molecule has 3 heteroatoms. The largest absolute Gasteiger partial charge is 0.333 e. The highest BCUT2D eigenvalue weighted by molar-refractivity contribution is 4.97.